The maximum Gasteiger partial charge on any atom is 0.573 e. The summed E-state index contributed by atoms with van der Waals surface area (Å²) in [5.41, 5.74) is 4.05. The number of rotatable bonds is 14. The van der Waals surface area contributed by atoms with Crippen LogP contribution >= 0.6 is 0 Å². The number of amides is 2. The van der Waals surface area contributed by atoms with E-state index in [2.05, 4.69) is 50.0 Å². The fourth-order valence-electron chi connectivity index (χ4n) is 9.68. The van der Waals surface area contributed by atoms with Crippen molar-refractivity contribution in [3.05, 3.63) is 169 Å². The molecule has 0 unspecified atom stereocenters. The number of aromatic nitrogens is 8. The smallest absolute Gasteiger partial charge is 0.455 e. The van der Waals surface area contributed by atoms with Crippen LogP contribution in [-0.2, 0) is 20.0 Å². The summed E-state index contributed by atoms with van der Waals surface area (Å²) >= 11 is 0. The zero-order chi connectivity index (χ0) is 65.9. The van der Waals surface area contributed by atoms with Crippen LogP contribution in [0.2, 0.25) is 0 Å². The number of halogens is 8. The molecule has 0 saturated heterocycles. The molecule has 0 atom stereocenters. The molecule has 6 aromatic carbocycles. The number of alkyl halides is 6. The molecule has 2 N–H and O–H groups in total. The molecule has 0 saturated carbocycles. The molecule has 6 aromatic heterocycles. The first-order valence-corrected chi connectivity index (χ1v) is 30.3. The molecular formula is C60H44F8N12O10S2. The van der Waals surface area contributed by atoms with Gasteiger partial charge < -0.3 is 28.9 Å². The monoisotopic (exact) mass is 1310 g/mol. The van der Waals surface area contributed by atoms with Gasteiger partial charge in [-0.15, -0.1) is 26.3 Å². The summed E-state index contributed by atoms with van der Waals surface area (Å²) in [4.78, 5) is 53.0. The summed E-state index contributed by atoms with van der Waals surface area (Å²) < 4.78 is 179. The predicted octanol–water partition coefficient (Wildman–Crippen LogP) is 11.4. The average Bonchev–Trinajstić information content (AvgIpc) is 1.56. The van der Waals surface area contributed by atoms with Gasteiger partial charge in [0.25, 0.3) is 11.8 Å². The summed E-state index contributed by atoms with van der Waals surface area (Å²) in [5, 5.41) is 5.75. The normalized spacial score (nSPS) is 12.1. The van der Waals surface area contributed by atoms with Crippen molar-refractivity contribution in [2.75, 3.05) is 49.3 Å². The average molecular weight is 1310 g/mol. The lowest BCUT2D eigenvalue weighted by Crippen LogP contribution is -2.25. The van der Waals surface area contributed by atoms with E-state index >= 15 is 0 Å². The first-order chi connectivity index (χ1) is 43.5. The molecule has 0 aliphatic heterocycles. The molecule has 6 heterocycles. The van der Waals surface area contributed by atoms with E-state index in [-0.39, 0.29) is 79.3 Å². The molecule has 0 aliphatic rings. The molecule has 0 spiro atoms. The number of fused-ring (bicyclic) bond motifs is 4. The van der Waals surface area contributed by atoms with Crippen molar-refractivity contribution in [1.82, 2.24) is 49.7 Å². The maximum atomic E-state index is 13.7. The van der Waals surface area contributed by atoms with Gasteiger partial charge in [-0.25, -0.2) is 55.5 Å². The number of sulfonamides is 2. The van der Waals surface area contributed by atoms with Gasteiger partial charge in [0.1, 0.15) is 69.5 Å². The zero-order valence-corrected chi connectivity index (χ0v) is 49.9. The first-order valence-electron chi connectivity index (χ1n) is 26.6. The van der Waals surface area contributed by atoms with Crippen molar-refractivity contribution < 1.29 is 79.9 Å². The Bertz CT molecular complexity index is 4780. The molecule has 0 aliphatic carbocycles. The lowest BCUT2D eigenvalue weighted by Gasteiger charge is -2.20. The van der Waals surface area contributed by atoms with Crippen molar-refractivity contribution in [3.8, 4) is 68.3 Å². The molecule has 472 valence electrons. The Labute approximate surface area is 514 Å². The lowest BCUT2D eigenvalue weighted by molar-refractivity contribution is -0.275. The van der Waals surface area contributed by atoms with Gasteiger partial charge in [-0.05, 0) is 109 Å². The van der Waals surface area contributed by atoms with E-state index in [0.29, 0.717) is 44.3 Å². The van der Waals surface area contributed by atoms with Gasteiger partial charge in [-0.1, -0.05) is 0 Å². The van der Waals surface area contributed by atoms with Crippen LogP contribution in [0.4, 0.5) is 46.5 Å². The van der Waals surface area contributed by atoms with Gasteiger partial charge in [0.2, 0.25) is 20.0 Å². The second kappa shape index (κ2) is 23.7. The fraction of sp³-hybridized carbons (Fsp3) is 0.133. The zero-order valence-electron chi connectivity index (χ0n) is 48.3. The van der Waals surface area contributed by atoms with E-state index in [4.69, 9.17) is 8.83 Å². The quantitative estimate of drug-likeness (QED) is 0.0958. The van der Waals surface area contributed by atoms with Gasteiger partial charge in [0, 0.05) is 84.7 Å². The van der Waals surface area contributed by atoms with Gasteiger partial charge in [-0.3, -0.25) is 27.3 Å². The summed E-state index contributed by atoms with van der Waals surface area (Å²) in [6, 6.07) is 26.7. The Kier molecular flexibility index (Phi) is 16.1. The molecule has 0 radical (unpaired) electrons. The number of imidazole rings is 2. The molecule has 12 rings (SSSR count). The van der Waals surface area contributed by atoms with Gasteiger partial charge >= 0.3 is 12.7 Å². The van der Waals surface area contributed by atoms with E-state index < -0.39 is 67.7 Å². The Morgan fingerprint density at radius 2 is 0.870 bits per heavy atom. The van der Waals surface area contributed by atoms with Gasteiger partial charge in [-0.2, -0.15) is 0 Å². The molecular weight excluding hydrogens is 1260 g/mol. The Morgan fingerprint density at radius 1 is 0.522 bits per heavy atom. The van der Waals surface area contributed by atoms with Crippen molar-refractivity contribution in [2.24, 2.45) is 0 Å². The van der Waals surface area contributed by atoms with Gasteiger partial charge in [0.05, 0.1) is 47.4 Å². The van der Waals surface area contributed by atoms with E-state index in [9.17, 15) is 61.5 Å². The number of ether oxygens (including phenoxy) is 2. The lowest BCUT2D eigenvalue weighted by atomic mass is 10.0. The molecule has 0 bridgehead atoms. The Morgan fingerprint density at radius 3 is 1.18 bits per heavy atom. The summed E-state index contributed by atoms with van der Waals surface area (Å²) in [6.45, 7) is 0. The van der Waals surface area contributed by atoms with Crippen LogP contribution in [0.3, 0.4) is 0 Å². The summed E-state index contributed by atoms with van der Waals surface area (Å²) in [5.74, 6) is -2.47. The highest BCUT2D eigenvalue weighted by Gasteiger charge is 2.33. The summed E-state index contributed by atoms with van der Waals surface area (Å²) in [7, 11) is -2.14. The molecule has 32 heteroatoms. The van der Waals surface area contributed by atoms with Crippen molar-refractivity contribution >= 4 is 87.5 Å². The number of carbonyl (C=O) groups excluding carboxylic acids is 2. The number of carbonyl (C=O) groups is 2. The highest BCUT2D eigenvalue weighted by Crippen LogP contribution is 2.43. The number of hydrogen-bond donors (Lipinski definition) is 2. The fourth-order valence-corrected chi connectivity index (χ4v) is 10.7. The molecule has 22 nitrogen and oxygen atoms in total. The third kappa shape index (κ3) is 12.6. The van der Waals surface area contributed by atoms with Crippen LogP contribution in [0, 0.1) is 11.6 Å². The first kappa shape index (κ1) is 62.6. The van der Waals surface area contributed by atoms with E-state index in [1.54, 1.807) is 0 Å². The van der Waals surface area contributed by atoms with Crippen LogP contribution < -0.4 is 28.7 Å². The Balaban J connectivity index is 0.000000188. The number of nitrogens with zero attached hydrogens (tertiary/aromatic N) is 10. The van der Waals surface area contributed by atoms with E-state index in [0.717, 1.165) is 45.4 Å². The molecule has 2 amide bonds. The standard InChI is InChI=1S/2C30H22F4N6O5S/c2*1-35-29(41)25-21-12-20(23(39(2)46(3,42)43)13-24(21)44-26(25)16-4-6-17(31)7-5-16)27-36-14-22-28(38-27)40(15-37-22)18-8-10-19(11-9-18)45-30(32,33)34/h2*4-15H,1-3H3,(H,35,41). The van der Waals surface area contributed by atoms with Crippen molar-refractivity contribution in [3.63, 3.8) is 0 Å². The SMILES string of the molecule is CNC(=O)c1c(-c2ccc(F)cc2)oc2cc(N(C)S(C)(=O)=O)c(-c3ncc4ncn(-c5ccc(OC(F)(F)F)cc5)c4n3)cc12.CNC(=O)c1c(-c2ccc(F)cc2)oc2cc(N(C)S(C)(=O)=O)c(-c3ncc4ncn(-c5ccc(OC(F)(F)F)cc5)c4n3)cc12. The van der Waals surface area contributed by atoms with Gasteiger partial charge in [0.15, 0.2) is 22.9 Å². The maximum absolute atomic E-state index is 13.7. The minimum absolute atomic E-state index is 0.0473. The molecule has 92 heavy (non-hydrogen) atoms. The highest BCUT2D eigenvalue weighted by atomic mass is 32.2. The number of hydrogen-bond acceptors (Lipinski definition) is 16. The van der Waals surface area contributed by atoms with Crippen LogP contribution in [0.5, 0.6) is 11.5 Å². The predicted molar refractivity (Wildman–Crippen MR) is 321 cm³/mol. The number of nitrogens with one attached hydrogen (secondary N) is 2. The van der Waals surface area contributed by atoms with Crippen LogP contribution in [0.1, 0.15) is 20.7 Å². The minimum Gasteiger partial charge on any atom is -0.455 e. The van der Waals surface area contributed by atoms with Crippen LogP contribution in [-0.4, -0.2) is 121 Å². The minimum atomic E-state index is -4.85. The highest BCUT2D eigenvalue weighted by molar-refractivity contribution is 7.92. The second-order valence-electron chi connectivity index (χ2n) is 20.1. The van der Waals surface area contributed by atoms with Crippen molar-refractivity contribution in [1.29, 1.82) is 0 Å². The number of furan rings is 2. The third-order valence-corrected chi connectivity index (χ3v) is 16.6. The third-order valence-electron chi connectivity index (χ3n) is 14.2. The summed E-state index contributed by atoms with van der Waals surface area (Å²) in [6.07, 6.45) is -2.06. The van der Waals surface area contributed by atoms with Crippen LogP contribution in [0.15, 0.2) is 155 Å². The molecule has 0 fully saturated rings. The molecule has 12 aromatic rings. The van der Waals surface area contributed by atoms with Crippen LogP contribution in [0.25, 0.3) is 101 Å². The number of anilines is 2. The number of benzene rings is 6. The van der Waals surface area contributed by atoms with E-state index in [1.807, 2.05) is 0 Å². The van der Waals surface area contributed by atoms with E-state index in [1.165, 1.54) is 159 Å². The van der Waals surface area contributed by atoms with Crippen molar-refractivity contribution in [2.45, 2.75) is 12.7 Å². The largest absolute Gasteiger partial charge is 0.573 e. The topological polar surface area (TPSA) is 265 Å². The second-order valence-corrected chi connectivity index (χ2v) is 24.1. The Hall–Kier alpha value is -11.0.